The molecular weight excluding hydrogens is 786 g/mol. The van der Waals surface area contributed by atoms with Crippen molar-refractivity contribution in [3.8, 4) is 22.3 Å². The number of hydrogen-bond acceptors (Lipinski definition) is 3. The van der Waals surface area contributed by atoms with Gasteiger partial charge in [0.05, 0.1) is 10.8 Å². The monoisotopic (exact) mass is 828 g/mol. The molecule has 2 aliphatic rings. The quantitative estimate of drug-likeness (QED) is 0.0671. The third kappa shape index (κ3) is 9.67. The van der Waals surface area contributed by atoms with Crippen LogP contribution in [0.15, 0.2) is 170 Å². The molecular formula is C47H45Cl5N2O. The summed E-state index contributed by atoms with van der Waals surface area (Å²) < 4.78 is 0. The van der Waals surface area contributed by atoms with E-state index < -0.39 is 20.5 Å². The number of rotatable bonds is 16. The first-order valence-electron chi connectivity index (χ1n) is 18.2. The van der Waals surface area contributed by atoms with Gasteiger partial charge in [0.2, 0.25) is 0 Å². The largest absolute Gasteiger partial charge is 0.312 e. The van der Waals surface area contributed by atoms with Gasteiger partial charge in [-0.15, -0.1) is 72.0 Å². The van der Waals surface area contributed by atoms with Gasteiger partial charge in [0, 0.05) is 24.2 Å². The molecule has 0 aromatic heterocycles. The number of carbonyl (C=O) groups is 1. The second-order valence-corrected chi connectivity index (χ2v) is 15.8. The molecule has 3 nitrogen and oxygen atoms in total. The normalized spacial score (nSPS) is 21.6. The van der Waals surface area contributed by atoms with Crippen molar-refractivity contribution < 1.29 is 4.79 Å². The highest BCUT2D eigenvalue weighted by Gasteiger charge is 2.41. The number of nitrogens with one attached hydrogen (secondary N) is 2. The van der Waals surface area contributed by atoms with Crippen LogP contribution in [-0.4, -0.2) is 29.6 Å². The summed E-state index contributed by atoms with van der Waals surface area (Å²) in [6, 6.07) is 32.9. The van der Waals surface area contributed by atoms with Crippen LogP contribution < -0.4 is 10.6 Å². The maximum Gasteiger partial charge on any atom is 0.192 e. The van der Waals surface area contributed by atoms with Crippen molar-refractivity contribution in [2.75, 3.05) is 13.1 Å². The lowest BCUT2D eigenvalue weighted by molar-refractivity contribution is -0.111. The summed E-state index contributed by atoms with van der Waals surface area (Å²) >= 11 is 28.8. The molecule has 0 amide bonds. The number of carbonyl (C=O) groups excluding carboxylic acids is 1. The first-order chi connectivity index (χ1) is 26.2. The highest BCUT2D eigenvalue weighted by Crippen LogP contribution is 2.48. The van der Waals surface area contributed by atoms with E-state index in [-0.39, 0.29) is 18.2 Å². The molecule has 0 heterocycles. The summed E-state index contributed by atoms with van der Waals surface area (Å²) in [5.41, 5.74) is 9.01. The van der Waals surface area contributed by atoms with Crippen LogP contribution in [0.3, 0.4) is 0 Å². The Bertz CT molecular complexity index is 1950. The Morgan fingerprint density at radius 2 is 1.00 bits per heavy atom. The van der Waals surface area contributed by atoms with Gasteiger partial charge in [0.1, 0.15) is 9.75 Å². The van der Waals surface area contributed by atoms with Crippen molar-refractivity contribution >= 4 is 64.6 Å². The molecule has 0 fully saturated rings. The molecule has 6 rings (SSSR count). The summed E-state index contributed by atoms with van der Waals surface area (Å²) in [4.78, 5) is 11.8. The highest BCUT2D eigenvalue weighted by molar-refractivity contribution is 6.36. The number of ketones is 1. The van der Waals surface area contributed by atoms with Gasteiger partial charge in [-0.05, 0) is 70.4 Å². The molecule has 4 atom stereocenters. The Kier molecular flexibility index (Phi) is 15.1. The van der Waals surface area contributed by atoms with Crippen molar-refractivity contribution in [1.29, 1.82) is 0 Å². The Hall–Kier alpha value is -3.64. The van der Waals surface area contributed by atoms with Crippen LogP contribution in [0.5, 0.6) is 0 Å². The molecule has 8 heteroatoms. The topological polar surface area (TPSA) is 41.1 Å². The molecule has 0 aliphatic heterocycles. The minimum Gasteiger partial charge on any atom is -0.312 e. The molecule has 2 N–H and O–H groups in total. The van der Waals surface area contributed by atoms with Gasteiger partial charge in [0.25, 0.3) is 0 Å². The molecule has 0 bridgehead atoms. The molecule has 0 spiro atoms. The van der Waals surface area contributed by atoms with Gasteiger partial charge in [-0.25, -0.2) is 0 Å². The van der Waals surface area contributed by atoms with E-state index in [2.05, 4.69) is 72.3 Å². The van der Waals surface area contributed by atoms with Crippen molar-refractivity contribution in [3.63, 3.8) is 0 Å². The van der Waals surface area contributed by atoms with Crippen molar-refractivity contribution in [2.24, 2.45) is 0 Å². The van der Waals surface area contributed by atoms with Gasteiger partial charge >= 0.3 is 0 Å². The van der Waals surface area contributed by atoms with E-state index in [1.807, 2.05) is 72.8 Å². The molecule has 4 aromatic carbocycles. The zero-order chi connectivity index (χ0) is 38.1. The fraction of sp³-hybridized carbons (Fsp3) is 0.213. The summed E-state index contributed by atoms with van der Waals surface area (Å²) in [5.74, 6) is -0.201. The summed E-state index contributed by atoms with van der Waals surface area (Å²) in [6.07, 6.45) is 16.3. The van der Waals surface area contributed by atoms with E-state index in [1.54, 1.807) is 24.3 Å². The van der Waals surface area contributed by atoms with Gasteiger partial charge in [-0.3, -0.25) is 4.79 Å². The number of alkyl halides is 4. The number of allylic oxidation sites excluding steroid dienone is 8. The first kappa shape index (κ1) is 42.5. The van der Waals surface area contributed by atoms with Crippen LogP contribution in [0, 0.1) is 0 Å². The van der Waals surface area contributed by atoms with Crippen molar-refractivity contribution in [1.82, 2.24) is 10.6 Å². The smallest absolute Gasteiger partial charge is 0.192 e. The van der Waals surface area contributed by atoms with Crippen LogP contribution in [-0.2, 0) is 27.6 Å². The van der Waals surface area contributed by atoms with E-state index >= 15 is 0 Å². The van der Waals surface area contributed by atoms with Crippen LogP contribution in [0.2, 0.25) is 0 Å². The van der Waals surface area contributed by atoms with Gasteiger partial charge in [-0.2, -0.15) is 0 Å². The summed E-state index contributed by atoms with van der Waals surface area (Å²) in [5, 5.41) is 5.45. The van der Waals surface area contributed by atoms with Crippen LogP contribution >= 0.6 is 58.8 Å². The Labute approximate surface area is 351 Å². The minimum absolute atomic E-state index is 0. The Morgan fingerprint density at radius 3 is 1.36 bits per heavy atom. The second kappa shape index (κ2) is 19.5. The number of hydrogen-bond donors (Lipinski definition) is 2. The lowest BCUT2D eigenvalue weighted by Gasteiger charge is -2.34. The standard InChI is InChI=1S/C47H44Cl4N2O.ClH/c1-3-5-27-52-31-33-15-19-35(20-16-33)39-11-7-9-13-41(39)46(50)25-23-37(29-43(46)48)45(54)38-24-26-47(51,44(49)30-38)42-14-10-8-12-40(42)36-21-17-34(18-22-36)32-53-28-6-4-2;/h3-4,7-26,29-30,43-44,52-53H,1-2,5-6,27-28,31-32H2;1H. The summed E-state index contributed by atoms with van der Waals surface area (Å²) in [6.45, 7) is 10.9. The fourth-order valence-electron chi connectivity index (χ4n) is 6.84. The number of halogens is 5. The highest BCUT2D eigenvalue weighted by atomic mass is 35.5. The maximum atomic E-state index is 13.9. The van der Waals surface area contributed by atoms with E-state index in [4.69, 9.17) is 46.4 Å². The van der Waals surface area contributed by atoms with Crippen LogP contribution in [0.4, 0.5) is 0 Å². The average Bonchev–Trinajstić information content (AvgIpc) is 3.20. The van der Waals surface area contributed by atoms with Crippen molar-refractivity contribution in [3.05, 3.63) is 192 Å². The van der Waals surface area contributed by atoms with E-state index in [1.165, 1.54) is 11.1 Å². The third-order valence-corrected chi connectivity index (χ3v) is 12.2. The molecule has 0 saturated heterocycles. The van der Waals surface area contributed by atoms with E-state index in [0.717, 1.165) is 72.4 Å². The molecule has 0 radical (unpaired) electrons. The Morgan fingerprint density at radius 1 is 0.618 bits per heavy atom. The molecule has 2 aliphatic carbocycles. The number of Topliss-reactive ketones (excluding diaryl/α,β-unsaturated/α-hetero) is 1. The number of benzene rings is 4. The minimum atomic E-state index is -1.08. The van der Waals surface area contributed by atoms with Gasteiger partial charge in [0.15, 0.2) is 5.78 Å². The van der Waals surface area contributed by atoms with E-state index in [9.17, 15) is 4.79 Å². The molecule has 0 saturated carbocycles. The Balaban J connectivity index is 0.00000580. The maximum absolute atomic E-state index is 13.9. The molecule has 4 unspecified atom stereocenters. The SMILES string of the molecule is C=CCCNCc1ccc(-c2ccccc2C2(Cl)C=CC(C(=O)C3=CC(Cl)C(Cl)(c4ccccc4-c4ccc(CNCCC=C)cc4)C=C3)=CC2Cl)cc1.Cl. The van der Waals surface area contributed by atoms with Crippen LogP contribution in [0.1, 0.15) is 35.1 Å². The lowest BCUT2D eigenvalue weighted by atomic mass is 9.81. The van der Waals surface area contributed by atoms with E-state index in [0.29, 0.717) is 11.1 Å². The predicted molar refractivity (Wildman–Crippen MR) is 238 cm³/mol. The molecule has 55 heavy (non-hydrogen) atoms. The van der Waals surface area contributed by atoms with Crippen molar-refractivity contribution in [2.45, 2.75) is 46.4 Å². The van der Waals surface area contributed by atoms with Gasteiger partial charge < -0.3 is 10.6 Å². The average molecular weight is 831 g/mol. The third-order valence-electron chi connectivity index (χ3n) is 9.91. The molecule has 284 valence electrons. The van der Waals surface area contributed by atoms with Crippen LogP contribution in [0.25, 0.3) is 22.3 Å². The predicted octanol–water partition coefficient (Wildman–Crippen LogP) is 12.1. The fourth-order valence-corrected chi connectivity index (χ4v) is 8.07. The van der Waals surface area contributed by atoms with Gasteiger partial charge in [-0.1, -0.05) is 146 Å². The summed E-state index contributed by atoms with van der Waals surface area (Å²) in [7, 11) is 0. The lowest BCUT2D eigenvalue weighted by Crippen LogP contribution is -2.32. The first-order valence-corrected chi connectivity index (χ1v) is 19.8. The molecule has 4 aromatic rings. The second-order valence-electron chi connectivity index (χ2n) is 13.6. The zero-order valence-electron chi connectivity index (χ0n) is 30.5. The zero-order valence-corrected chi connectivity index (χ0v) is 34.3.